The molecule has 0 atom stereocenters. The molecular formula is C21H28F3NO5. The zero-order valence-corrected chi connectivity index (χ0v) is 17.1. The van der Waals surface area contributed by atoms with Crippen molar-refractivity contribution in [2.75, 3.05) is 32.2 Å². The Balaban J connectivity index is 1.88. The van der Waals surface area contributed by atoms with Gasteiger partial charge in [0.25, 0.3) is 5.91 Å². The number of hydrogen-bond donors (Lipinski definition) is 1. The van der Waals surface area contributed by atoms with E-state index in [1.54, 1.807) is 0 Å². The number of benzene rings is 1. The normalized spacial score (nSPS) is 14.9. The van der Waals surface area contributed by atoms with Crippen LogP contribution in [0.15, 0.2) is 18.2 Å². The first-order chi connectivity index (χ1) is 14.3. The van der Waals surface area contributed by atoms with Crippen molar-refractivity contribution in [1.82, 2.24) is 0 Å². The molecule has 1 amide bonds. The van der Waals surface area contributed by atoms with Gasteiger partial charge in [0.15, 0.2) is 6.61 Å². The number of nitrogens with one attached hydrogen (secondary N) is 1. The Bertz CT molecular complexity index is 702. The van der Waals surface area contributed by atoms with Gasteiger partial charge in [-0.3, -0.25) is 9.59 Å². The van der Waals surface area contributed by atoms with Crippen LogP contribution in [-0.4, -0.2) is 38.8 Å². The van der Waals surface area contributed by atoms with Crippen molar-refractivity contribution in [2.45, 2.75) is 51.1 Å². The van der Waals surface area contributed by atoms with Gasteiger partial charge in [-0.2, -0.15) is 13.2 Å². The molecule has 0 bridgehead atoms. The number of carbonyl (C=O) groups is 2. The molecule has 0 aromatic heterocycles. The predicted molar refractivity (Wildman–Crippen MR) is 104 cm³/mol. The van der Waals surface area contributed by atoms with E-state index < -0.39 is 30.2 Å². The Morgan fingerprint density at radius 2 is 1.87 bits per heavy atom. The number of anilines is 1. The molecule has 9 heteroatoms. The first kappa shape index (κ1) is 24.0. The lowest BCUT2D eigenvalue weighted by Crippen LogP contribution is -2.22. The number of esters is 1. The topological polar surface area (TPSA) is 73.9 Å². The smallest absolute Gasteiger partial charge is 0.416 e. The number of methoxy groups -OCH3 is 1. The molecule has 1 aromatic rings. The van der Waals surface area contributed by atoms with E-state index in [0.717, 1.165) is 37.5 Å². The van der Waals surface area contributed by atoms with Crippen LogP contribution in [0.4, 0.5) is 18.9 Å². The Morgan fingerprint density at radius 3 is 2.53 bits per heavy atom. The fraction of sp³-hybridized carbons (Fsp3) is 0.619. The Hall–Kier alpha value is -2.29. The number of carbonyl (C=O) groups excluding carboxylic acids is 2. The molecule has 1 fully saturated rings. The minimum atomic E-state index is -4.57. The van der Waals surface area contributed by atoms with Crippen LogP contribution in [0.25, 0.3) is 0 Å². The van der Waals surface area contributed by atoms with Crippen molar-refractivity contribution in [3.8, 4) is 5.75 Å². The zero-order chi connectivity index (χ0) is 22.0. The number of ether oxygens (including phenoxy) is 3. The van der Waals surface area contributed by atoms with Crippen LogP contribution < -0.4 is 10.1 Å². The monoisotopic (exact) mass is 431 g/mol. The van der Waals surface area contributed by atoms with Crippen molar-refractivity contribution in [1.29, 1.82) is 0 Å². The van der Waals surface area contributed by atoms with E-state index in [1.807, 2.05) is 0 Å². The zero-order valence-electron chi connectivity index (χ0n) is 17.1. The Morgan fingerprint density at radius 1 is 1.13 bits per heavy atom. The summed E-state index contributed by atoms with van der Waals surface area (Å²) in [5.74, 6) is -0.651. The van der Waals surface area contributed by atoms with Crippen molar-refractivity contribution in [3.05, 3.63) is 23.8 Å². The van der Waals surface area contributed by atoms with Gasteiger partial charge in [0.2, 0.25) is 0 Å². The summed E-state index contributed by atoms with van der Waals surface area (Å²) < 4.78 is 54.2. The highest BCUT2D eigenvalue weighted by Gasteiger charge is 2.31. The van der Waals surface area contributed by atoms with E-state index in [1.165, 1.54) is 26.4 Å². The largest absolute Gasteiger partial charge is 0.489 e. The highest BCUT2D eigenvalue weighted by Crippen LogP contribution is 2.35. The second kappa shape index (κ2) is 11.8. The van der Waals surface area contributed by atoms with E-state index in [2.05, 4.69) is 5.32 Å². The summed E-state index contributed by atoms with van der Waals surface area (Å²) in [7, 11) is 1.46. The SMILES string of the molecule is COCCOc1ccc(C(F)(F)F)cc1NC(=O)COC(=O)CCC1CCCCC1. The molecule has 0 spiro atoms. The molecule has 168 valence electrons. The molecule has 6 nitrogen and oxygen atoms in total. The molecule has 1 aliphatic carbocycles. The van der Waals surface area contributed by atoms with Gasteiger partial charge >= 0.3 is 12.1 Å². The van der Waals surface area contributed by atoms with Crippen LogP contribution in [-0.2, 0) is 25.2 Å². The third kappa shape index (κ3) is 8.22. The maximum Gasteiger partial charge on any atom is 0.416 e. The summed E-state index contributed by atoms with van der Waals surface area (Å²) in [5.41, 5.74) is -1.08. The van der Waals surface area contributed by atoms with E-state index in [4.69, 9.17) is 14.2 Å². The van der Waals surface area contributed by atoms with E-state index in [-0.39, 0.29) is 31.1 Å². The van der Waals surface area contributed by atoms with Crippen molar-refractivity contribution in [2.24, 2.45) is 5.92 Å². The highest BCUT2D eigenvalue weighted by molar-refractivity contribution is 5.94. The molecule has 1 aliphatic rings. The molecule has 30 heavy (non-hydrogen) atoms. The first-order valence-corrected chi connectivity index (χ1v) is 10.1. The number of rotatable bonds is 10. The lowest BCUT2D eigenvalue weighted by molar-refractivity contribution is -0.147. The van der Waals surface area contributed by atoms with Crippen molar-refractivity contribution in [3.63, 3.8) is 0 Å². The molecule has 0 aliphatic heterocycles. The van der Waals surface area contributed by atoms with Gasteiger partial charge in [-0.1, -0.05) is 32.1 Å². The molecule has 1 aromatic carbocycles. The third-order valence-corrected chi connectivity index (χ3v) is 4.97. The van der Waals surface area contributed by atoms with Crippen LogP contribution in [0.3, 0.4) is 0 Å². The second-order valence-electron chi connectivity index (χ2n) is 7.30. The van der Waals surface area contributed by atoms with Crippen LogP contribution in [0.2, 0.25) is 0 Å². The third-order valence-electron chi connectivity index (χ3n) is 4.97. The molecule has 1 saturated carbocycles. The molecule has 0 saturated heterocycles. The predicted octanol–water partition coefficient (Wildman–Crippen LogP) is 4.57. The van der Waals surface area contributed by atoms with Crippen molar-refractivity contribution >= 4 is 17.6 Å². The summed E-state index contributed by atoms with van der Waals surface area (Å²) in [5, 5.41) is 2.33. The molecular weight excluding hydrogens is 403 g/mol. The molecule has 0 radical (unpaired) electrons. The molecule has 0 heterocycles. The quantitative estimate of drug-likeness (QED) is 0.434. The number of alkyl halides is 3. The van der Waals surface area contributed by atoms with Crippen LogP contribution in [0.1, 0.15) is 50.5 Å². The maximum atomic E-state index is 13.0. The lowest BCUT2D eigenvalue weighted by atomic mass is 9.86. The number of hydrogen-bond acceptors (Lipinski definition) is 5. The second-order valence-corrected chi connectivity index (χ2v) is 7.30. The minimum Gasteiger partial charge on any atom is -0.489 e. The molecule has 2 rings (SSSR count). The van der Waals surface area contributed by atoms with E-state index >= 15 is 0 Å². The summed E-state index contributed by atoms with van der Waals surface area (Å²) in [6.45, 7) is -0.245. The van der Waals surface area contributed by atoms with Crippen LogP contribution >= 0.6 is 0 Å². The molecule has 0 unspecified atom stereocenters. The van der Waals surface area contributed by atoms with E-state index in [9.17, 15) is 22.8 Å². The summed E-state index contributed by atoms with van der Waals surface area (Å²) in [6.07, 6.45) is 2.18. The summed E-state index contributed by atoms with van der Waals surface area (Å²) >= 11 is 0. The number of amides is 1. The fourth-order valence-electron chi connectivity index (χ4n) is 3.37. The Labute approximate surface area is 174 Å². The number of halogens is 3. The minimum absolute atomic E-state index is 0.0667. The average molecular weight is 431 g/mol. The first-order valence-electron chi connectivity index (χ1n) is 10.1. The summed E-state index contributed by atoms with van der Waals surface area (Å²) in [4.78, 5) is 24.0. The maximum absolute atomic E-state index is 13.0. The molecule has 1 N–H and O–H groups in total. The Kier molecular flexibility index (Phi) is 9.42. The van der Waals surface area contributed by atoms with Gasteiger partial charge < -0.3 is 19.5 Å². The van der Waals surface area contributed by atoms with Gasteiger partial charge in [-0.15, -0.1) is 0 Å². The van der Waals surface area contributed by atoms with Gasteiger partial charge in [0.05, 0.1) is 17.9 Å². The highest BCUT2D eigenvalue weighted by atomic mass is 19.4. The van der Waals surface area contributed by atoms with Crippen LogP contribution in [0.5, 0.6) is 5.75 Å². The van der Waals surface area contributed by atoms with Gasteiger partial charge in [0, 0.05) is 13.5 Å². The van der Waals surface area contributed by atoms with Gasteiger partial charge in [0.1, 0.15) is 12.4 Å². The van der Waals surface area contributed by atoms with Crippen molar-refractivity contribution < 1.29 is 37.0 Å². The standard InChI is InChI=1S/C21H28F3NO5/c1-28-11-12-29-18-9-8-16(21(22,23)24)13-17(18)25-19(26)14-30-20(27)10-7-15-5-3-2-4-6-15/h8-9,13,15H,2-7,10-12,14H2,1H3,(H,25,26). The average Bonchev–Trinajstić information content (AvgIpc) is 2.72. The lowest BCUT2D eigenvalue weighted by Gasteiger charge is -2.20. The van der Waals surface area contributed by atoms with Crippen LogP contribution in [0, 0.1) is 5.92 Å². The van der Waals surface area contributed by atoms with Gasteiger partial charge in [-0.25, -0.2) is 0 Å². The fourth-order valence-corrected chi connectivity index (χ4v) is 3.37. The van der Waals surface area contributed by atoms with E-state index in [0.29, 0.717) is 5.92 Å². The van der Waals surface area contributed by atoms with Gasteiger partial charge in [-0.05, 0) is 30.5 Å². The summed E-state index contributed by atoms with van der Waals surface area (Å²) in [6, 6.07) is 2.78.